The van der Waals surface area contributed by atoms with Gasteiger partial charge >= 0.3 is 0 Å². The molecule has 0 saturated carbocycles. The standard InChI is InChI=1S/C25H34FN3O5S/c1-7-22(24(31)27-25(2,3)4)28(16-18-8-14-21(34-5)15-9-18)23(30)17-29(35(6,32)33)20-12-10-19(26)11-13-20/h8-15,22H,7,16-17H2,1-6H3,(H,27,31)/t22-/m0/s1. The van der Waals surface area contributed by atoms with E-state index in [1.165, 1.54) is 17.0 Å². The summed E-state index contributed by atoms with van der Waals surface area (Å²) in [5.74, 6) is -0.788. The van der Waals surface area contributed by atoms with E-state index in [2.05, 4.69) is 5.32 Å². The lowest BCUT2D eigenvalue weighted by atomic mass is 10.1. The molecule has 0 spiro atoms. The molecule has 35 heavy (non-hydrogen) atoms. The minimum Gasteiger partial charge on any atom is -0.497 e. The number of nitrogens with zero attached hydrogens (tertiary/aromatic N) is 2. The lowest BCUT2D eigenvalue weighted by Crippen LogP contribution is -2.55. The Kier molecular flexibility index (Phi) is 9.25. The third-order valence-electron chi connectivity index (χ3n) is 5.19. The van der Waals surface area contributed by atoms with E-state index in [-0.39, 0.29) is 18.1 Å². The van der Waals surface area contributed by atoms with E-state index in [9.17, 15) is 22.4 Å². The van der Waals surface area contributed by atoms with Crippen molar-refractivity contribution in [3.63, 3.8) is 0 Å². The van der Waals surface area contributed by atoms with Gasteiger partial charge < -0.3 is 15.0 Å². The molecule has 0 unspecified atom stereocenters. The van der Waals surface area contributed by atoms with Gasteiger partial charge in [0, 0.05) is 12.1 Å². The molecule has 0 radical (unpaired) electrons. The van der Waals surface area contributed by atoms with Crippen molar-refractivity contribution < 1.29 is 27.1 Å². The SMILES string of the molecule is CC[C@@H](C(=O)NC(C)(C)C)N(Cc1ccc(OC)cc1)C(=O)CN(c1ccc(F)cc1)S(C)(=O)=O. The van der Waals surface area contributed by atoms with E-state index < -0.39 is 39.9 Å². The highest BCUT2D eigenvalue weighted by Gasteiger charge is 2.33. The van der Waals surface area contributed by atoms with Crippen LogP contribution in [-0.4, -0.2) is 56.6 Å². The number of carbonyl (C=O) groups excluding carboxylic acids is 2. The Balaban J connectivity index is 2.44. The molecule has 0 aliphatic rings. The highest BCUT2D eigenvalue weighted by atomic mass is 32.2. The van der Waals surface area contributed by atoms with Crippen LogP contribution in [-0.2, 0) is 26.2 Å². The fraction of sp³-hybridized carbons (Fsp3) is 0.440. The molecule has 192 valence electrons. The monoisotopic (exact) mass is 507 g/mol. The second-order valence-corrected chi connectivity index (χ2v) is 11.2. The van der Waals surface area contributed by atoms with Crippen LogP contribution in [0, 0.1) is 5.82 Å². The summed E-state index contributed by atoms with van der Waals surface area (Å²) in [5.41, 5.74) is 0.374. The minimum atomic E-state index is -3.88. The van der Waals surface area contributed by atoms with E-state index >= 15 is 0 Å². The minimum absolute atomic E-state index is 0.0833. The smallest absolute Gasteiger partial charge is 0.244 e. The largest absolute Gasteiger partial charge is 0.497 e. The van der Waals surface area contributed by atoms with Gasteiger partial charge in [-0.15, -0.1) is 0 Å². The average Bonchev–Trinajstić information content (AvgIpc) is 2.76. The molecule has 2 aromatic carbocycles. The average molecular weight is 508 g/mol. The van der Waals surface area contributed by atoms with Crippen molar-refractivity contribution in [2.45, 2.75) is 52.2 Å². The first kappa shape index (κ1) is 28.1. The predicted molar refractivity (Wildman–Crippen MR) is 134 cm³/mol. The van der Waals surface area contributed by atoms with Gasteiger partial charge in [-0.3, -0.25) is 13.9 Å². The van der Waals surface area contributed by atoms with E-state index in [0.29, 0.717) is 12.2 Å². The van der Waals surface area contributed by atoms with Gasteiger partial charge in [-0.1, -0.05) is 19.1 Å². The van der Waals surface area contributed by atoms with Gasteiger partial charge in [0.25, 0.3) is 0 Å². The first-order valence-corrected chi connectivity index (χ1v) is 13.1. The molecule has 0 fully saturated rings. The molecular formula is C25H34FN3O5S. The van der Waals surface area contributed by atoms with Gasteiger partial charge in [-0.25, -0.2) is 12.8 Å². The maximum Gasteiger partial charge on any atom is 0.244 e. The Morgan fingerprint density at radius 1 is 1.06 bits per heavy atom. The van der Waals surface area contributed by atoms with E-state index in [1.54, 1.807) is 38.3 Å². The zero-order valence-electron chi connectivity index (χ0n) is 21.0. The predicted octanol–water partition coefficient (Wildman–Crippen LogP) is 3.32. The molecule has 1 atom stereocenters. The van der Waals surface area contributed by atoms with Crippen LogP contribution >= 0.6 is 0 Å². The lowest BCUT2D eigenvalue weighted by Gasteiger charge is -2.34. The van der Waals surface area contributed by atoms with Gasteiger partial charge in [-0.2, -0.15) is 0 Å². The first-order valence-electron chi connectivity index (χ1n) is 11.2. The molecule has 2 amide bonds. The number of anilines is 1. The molecule has 0 heterocycles. The van der Waals surface area contributed by atoms with Crippen molar-refractivity contribution in [2.75, 3.05) is 24.2 Å². The summed E-state index contributed by atoms with van der Waals surface area (Å²) < 4.78 is 44.6. The fourth-order valence-electron chi connectivity index (χ4n) is 3.52. The van der Waals surface area contributed by atoms with Crippen molar-refractivity contribution in [3.05, 3.63) is 59.9 Å². The van der Waals surface area contributed by atoms with E-state index in [1.807, 2.05) is 20.8 Å². The molecule has 2 rings (SSSR count). The molecule has 1 N–H and O–H groups in total. The van der Waals surface area contributed by atoms with E-state index in [4.69, 9.17) is 4.74 Å². The maximum absolute atomic E-state index is 13.6. The van der Waals surface area contributed by atoms with Gasteiger partial charge in [0.15, 0.2) is 0 Å². The zero-order valence-corrected chi connectivity index (χ0v) is 21.9. The van der Waals surface area contributed by atoms with Crippen LogP contribution in [0.15, 0.2) is 48.5 Å². The number of ether oxygens (including phenoxy) is 1. The van der Waals surface area contributed by atoms with Gasteiger partial charge in [0.05, 0.1) is 19.1 Å². The topological polar surface area (TPSA) is 96.0 Å². The summed E-state index contributed by atoms with van der Waals surface area (Å²) in [4.78, 5) is 28.1. The number of hydrogen-bond acceptors (Lipinski definition) is 5. The quantitative estimate of drug-likeness (QED) is 0.532. The number of amides is 2. The Bertz CT molecular complexity index is 1110. The van der Waals surface area contributed by atoms with Crippen molar-refractivity contribution in [3.8, 4) is 5.75 Å². The number of halogens is 1. The molecule has 8 nitrogen and oxygen atoms in total. The van der Waals surface area contributed by atoms with Crippen LogP contribution in [0.2, 0.25) is 0 Å². The summed E-state index contributed by atoms with van der Waals surface area (Å²) in [6.07, 6.45) is 1.29. The summed E-state index contributed by atoms with van der Waals surface area (Å²) in [6, 6.07) is 11.0. The number of hydrogen-bond donors (Lipinski definition) is 1. The van der Waals surface area contributed by atoms with Crippen LogP contribution in [0.5, 0.6) is 5.75 Å². The number of benzene rings is 2. The molecule has 0 aliphatic carbocycles. The molecule has 10 heteroatoms. The fourth-order valence-corrected chi connectivity index (χ4v) is 4.37. The molecule has 2 aromatic rings. The lowest BCUT2D eigenvalue weighted by molar-refractivity contribution is -0.141. The summed E-state index contributed by atoms with van der Waals surface area (Å²) in [5, 5.41) is 2.90. The van der Waals surface area contributed by atoms with Gasteiger partial charge in [0.2, 0.25) is 21.8 Å². The van der Waals surface area contributed by atoms with E-state index in [0.717, 1.165) is 28.3 Å². The van der Waals surface area contributed by atoms with Crippen LogP contribution in [0.4, 0.5) is 10.1 Å². The number of carbonyl (C=O) groups is 2. The van der Waals surface area contributed by atoms with Crippen molar-refractivity contribution in [1.82, 2.24) is 10.2 Å². The third-order valence-corrected chi connectivity index (χ3v) is 6.33. The van der Waals surface area contributed by atoms with Crippen LogP contribution in [0.3, 0.4) is 0 Å². The number of nitrogens with one attached hydrogen (secondary N) is 1. The normalized spacial score (nSPS) is 12.5. The third kappa shape index (κ3) is 8.24. The van der Waals surface area contributed by atoms with Gasteiger partial charge in [-0.05, 0) is 69.2 Å². The Labute approximate surface area is 207 Å². The van der Waals surface area contributed by atoms with Crippen molar-refractivity contribution in [2.24, 2.45) is 0 Å². The highest BCUT2D eigenvalue weighted by Crippen LogP contribution is 2.21. The summed E-state index contributed by atoms with van der Waals surface area (Å²) >= 11 is 0. The summed E-state index contributed by atoms with van der Waals surface area (Å²) in [7, 11) is -2.33. The van der Waals surface area contributed by atoms with Crippen LogP contribution in [0.25, 0.3) is 0 Å². The molecule has 0 aliphatic heterocycles. The number of methoxy groups -OCH3 is 1. The Morgan fingerprint density at radius 2 is 1.63 bits per heavy atom. The second kappa shape index (κ2) is 11.5. The molecular weight excluding hydrogens is 473 g/mol. The Hall–Kier alpha value is -3.14. The van der Waals surface area contributed by atoms with Crippen molar-refractivity contribution in [1.29, 1.82) is 0 Å². The maximum atomic E-state index is 13.6. The zero-order chi connectivity index (χ0) is 26.4. The molecule has 0 aromatic heterocycles. The van der Waals surface area contributed by atoms with Crippen LogP contribution < -0.4 is 14.4 Å². The van der Waals surface area contributed by atoms with Gasteiger partial charge in [0.1, 0.15) is 24.2 Å². The summed E-state index contributed by atoms with van der Waals surface area (Å²) in [6.45, 7) is 6.85. The Morgan fingerprint density at radius 3 is 2.09 bits per heavy atom. The molecule has 0 saturated heterocycles. The first-order chi connectivity index (χ1) is 16.2. The van der Waals surface area contributed by atoms with Crippen LogP contribution in [0.1, 0.15) is 39.7 Å². The molecule has 0 bridgehead atoms. The van der Waals surface area contributed by atoms with Crippen molar-refractivity contribution >= 4 is 27.5 Å². The number of sulfonamides is 1. The highest BCUT2D eigenvalue weighted by molar-refractivity contribution is 7.92. The number of rotatable bonds is 10. The second-order valence-electron chi connectivity index (χ2n) is 9.28.